The molecule has 0 aliphatic carbocycles. The summed E-state index contributed by atoms with van der Waals surface area (Å²) in [5, 5.41) is 9.03. The molecule has 0 spiro atoms. The molecule has 4 rings (SSSR count). The second kappa shape index (κ2) is 8.44. The zero-order chi connectivity index (χ0) is 21.1. The van der Waals surface area contributed by atoms with Crippen LogP contribution >= 0.6 is 11.8 Å². The van der Waals surface area contributed by atoms with Crippen LogP contribution in [0.5, 0.6) is 0 Å². The van der Waals surface area contributed by atoms with Gasteiger partial charge in [0.1, 0.15) is 0 Å². The van der Waals surface area contributed by atoms with Gasteiger partial charge in [-0.25, -0.2) is 4.79 Å². The van der Waals surface area contributed by atoms with E-state index in [1.54, 1.807) is 36.1 Å². The molecule has 0 fully saturated rings. The van der Waals surface area contributed by atoms with Gasteiger partial charge in [0.15, 0.2) is 0 Å². The van der Waals surface area contributed by atoms with Crippen LogP contribution < -0.4 is 4.90 Å². The Labute approximate surface area is 178 Å². The van der Waals surface area contributed by atoms with E-state index in [1.165, 1.54) is 11.8 Å². The lowest BCUT2D eigenvalue weighted by Crippen LogP contribution is -2.30. The predicted octanol–water partition coefficient (Wildman–Crippen LogP) is 5.05. The number of hydrogen-bond donors (Lipinski definition) is 0. The molecule has 0 radical (unpaired) electrons. The summed E-state index contributed by atoms with van der Waals surface area (Å²) in [5.74, 6) is -0.556. The number of carbonyl (C=O) groups excluding carboxylic acids is 2. The minimum atomic E-state index is -0.419. The van der Waals surface area contributed by atoms with E-state index >= 15 is 0 Å². The maximum Gasteiger partial charge on any atom is 0.338 e. The summed E-state index contributed by atoms with van der Waals surface area (Å²) in [7, 11) is 0. The number of amides is 1. The van der Waals surface area contributed by atoms with Crippen LogP contribution in [0, 0.1) is 11.3 Å². The van der Waals surface area contributed by atoms with Crippen molar-refractivity contribution in [1.82, 2.24) is 0 Å². The van der Waals surface area contributed by atoms with Crippen LogP contribution in [0.4, 0.5) is 5.69 Å². The molecule has 0 unspecified atom stereocenters. The van der Waals surface area contributed by atoms with Crippen molar-refractivity contribution in [3.8, 4) is 6.07 Å². The molecule has 0 N–H and O–H groups in total. The van der Waals surface area contributed by atoms with Gasteiger partial charge in [-0.3, -0.25) is 4.79 Å². The molecule has 3 aromatic rings. The van der Waals surface area contributed by atoms with Gasteiger partial charge >= 0.3 is 5.97 Å². The van der Waals surface area contributed by atoms with Crippen LogP contribution in [0.3, 0.4) is 0 Å². The number of anilines is 1. The third-order valence-corrected chi connectivity index (χ3v) is 5.91. The fourth-order valence-corrected chi connectivity index (χ4v) is 4.34. The molecule has 0 bridgehead atoms. The summed E-state index contributed by atoms with van der Waals surface area (Å²) >= 11 is 1.50. The highest BCUT2D eigenvalue weighted by Crippen LogP contribution is 2.42. The van der Waals surface area contributed by atoms with Crippen LogP contribution in [0.25, 0.3) is 0 Å². The number of fused-ring (bicyclic) bond motifs is 2. The Kier molecular flexibility index (Phi) is 5.55. The van der Waals surface area contributed by atoms with Gasteiger partial charge in [0, 0.05) is 9.79 Å². The number of esters is 1. The largest absolute Gasteiger partial charge is 0.462 e. The summed E-state index contributed by atoms with van der Waals surface area (Å²) in [6, 6.07) is 22.0. The number of carbonyl (C=O) groups is 2. The van der Waals surface area contributed by atoms with Crippen LogP contribution in [-0.4, -0.2) is 18.5 Å². The van der Waals surface area contributed by atoms with Gasteiger partial charge in [-0.2, -0.15) is 5.26 Å². The van der Waals surface area contributed by atoms with Gasteiger partial charge in [0.25, 0.3) is 5.91 Å². The predicted molar refractivity (Wildman–Crippen MR) is 115 cm³/mol. The Morgan fingerprint density at radius 1 is 1.07 bits per heavy atom. The van der Waals surface area contributed by atoms with Crippen LogP contribution in [0.15, 0.2) is 76.5 Å². The van der Waals surface area contributed by atoms with Crippen molar-refractivity contribution in [3.05, 3.63) is 89.0 Å². The number of benzene rings is 3. The lowest BCUT2D eigenvalue weighted by atomic mass is 10.1. The molecule has 0 atom stereocenters. The molecule has 3 aromatic carbocycles. The zero-order valence-electron chi connectivity index (χ0n) is 16.3. The topological polar surface area (TPSA) is 70.4 Å². The van der Waals surface area contributed by atoms with Gasteiger partial charge in [-0.05, 0) is 55.0 Å². The van der Waals surface area contributed by atoms with E-state index in [0.717, 1.165) is 15.4 Å². The first-order valence-corrected chi connectivity index (χ1v) is 10.3. The third kappa shape index (κ3) is 3.80. The van der Waals surface area contributed by atoms with E-state index in [4.69, 9.17) is 10.00 Å². The average molecular weight is 414 g/mol. The molecule has 0 aromatic heterocycles. The van der Waals surface area contributed by atoms with Gasteiger partial charge in [0.05, 0.1) is 41.6 Å². The molecule has 1 aliphatic heterocycles. The van der Waals surface area contributed by atoms with E-state index in [9.17, 15) is 9.59 Å². The van der Waals surface area contributed by atoms with E-state index in [0.29, 0.717) is 28.9 Å². The second-order valence-electron chi connectivity index (χ2n) is 6.70. The Hall–Kier alpha value is -3.56. The summed E-state index contributed by atoms with van der Waals surface area (Å²) in [4.78, 5) is 29.2. The fourth-order valence-electron chi connectivity index (χ4n) is 3.29. The fraction of sp³-hybridized carbons (Fsp3) is 0.125. The third-order valence-electron chi connectivity index (χ3n) is 4.77. The molecule has 1 aliphatic rings. The van der Waals surface area contributed by atoms with Crippen LogP contribution in [0.1, 0.15) is 38.8 Å². The molecule has 6 heteroatoms. The van der Waals surface area contributed by atoms with E-state index < -0.39 is 5.97 Å². The minimum absolute atomic E-state index is 0.137. The Morgan fingerprint density at radius 3 is 2.57 bits per heavy atom. The standard InChI is InChI=1S/C24H18N2O3S/c1-2-29-24(28)18-11-12-22-20(13-18)26(15-17-9-7-16(14-25)8-10-17)23(27)19-5-3-4-6-21(19)30-22/h3-13H,2,15H2,1H3. The van der Waals surface area contributed by atoms with E-state index in [1.807, 2.05) is 42.5 Å². The summed E-state index contributed by atoms with van der Waals surface area (Å²) in [6.45, 7) is 2.36. The van der Waals surface area contributed by atoms with Crippen LogP contribution in [0.2, 0.25) is 0 Å². The average Bonchev–Trinajstić information content (AvgIpc) is 2.89. The molecule has 30 heavy (non-hydrogen) atoms. The minimum Gasteiger partial charge on any atom is -0.462 e. The summed E-state index contributed by atoms with van der Waals surface area (Å²) < 4.78 is 5.14. The lowest BCUT2D eigenvalue weighted by Gasteiger charge is -2.23. The number of rotatable bonds is 4. The van der Waals surface area contributed by atoms with Gasteiger partial charge in [-0.1, -0.05) is 36.0 Å². The summed E-state index contributed by atoms with van der Waals surface area (Å²) in [5.41, 5.74) is 3.13. The lowest BCUT2D eigenvalue weighted by molar-refractivity contribution is 0.0526. The van der Waals surface area contributed by atoms with Gasteiger partial charge < -0.3 is 9.64 Å². The smallest absolute Gasteiger partial charge is 0.338 e. The van der Waals surface area contributed by atoms with Crippen molar-refractivity contribution in [2.24, 2.45) is 0 Å². The molecule has 1 amide bonds. The van der Waals surface area contributed by atoms with Crippen molar-refractivity contribution in [2.75, 3.05) is 11.5 Å². The number of nitriles is 1. The quantitative estimate of drug-likeness (QED) is 0.559. The van der Waals surface area contributed by atoms with Crippen LogP contribution in [-0.2, 0) is 11.3 Å². The summed E-state index contributed by atoms with van der Waals surface area (Å²) in [6.07, 6.45) is 0. The van der Waals surface area contributed by atoms with Crippen molar-refractivity contribution >= 4 is 29.3 Å². The van der Waals surface area contributed by atoms with Crippen molar-refractivity contribution in [3.63, 3.8) is 0 Å². The first kappa shape index (κ1) is 19.7. The van der Waals surface area contributed by atoms with Gasteiger partial charge in [-0.15, -0.1) is 0 Å². The number of nitrogens with zero attached hydrogens (tertiary/aromatic N) is 2. The molecule has 148 valence electrons. The number of hydrogen-bond acceptors (Lipinski definition) is 5. The SMILES string of the molecule is CCOC(=O)c1ccc2c(c1)N(Cc1ccc(C#N)cc1)C(=O)c1ccccc1S2. The highest BCUT2D eigenvalue weighted by molar-refractivity contribution is 7.99. The normalized spacial score (nSPS) is 12.4. The van der Waals surface area contributed by atoms with Crippen molar-refractivity contribution < 1.29 is 14.3 Å². The highest BCUT2D eigenvalue weighted by atomic mass is 32.2. The van der Waals surface area contributed by atoms with E-state index in [-0.39, 0.29) is 12.5 Å². The zero-order valence-corrected chi connectivity index (χ0v) is 17.1. The monoisotopic (exact) mass is 414 g/mol. The van der Waals surface area contributed by atoms with Gasteiger partial charge in [0.2, 0.25) is 0 Å². The van der Waals surface area contributed by atoms with E-state index in [2.05, 4.69) is 6.07 Å². The molecular weight excluding hydrogens is 396 g/mol. The maximum absolute atomic E-state index is 13.5. The molecule has 0 saturated heterocycles. The Balaban J connectivity index is 1.81. The Morgan fingerprint density at radius 2 is 1.83 bits per heavy atom. The maximum atomic E-state index is 13.5. The highest BCUT2D eigenvalue weighted by Gasteiger charge is 2.28. The first-order chi connectivity index (χ1) is 14.6. The van der Waals surface area contributed by atoms with Crippen molar-refractivity contribution in [1.29, 1.82) is 5.26 Å². The molecular formula is C24H18N2O3S. The second-order valence-corrected chi connectivity index (χ2v) is 7.78. The Bertz CT molecular complexity index is 1170. The molecule has 5 nitrogen and oxygen atoms in total. The molecule has 0 saturated carbocycles. The molecule has 1 heterocycles. The number of ether oxygens (including phenoxy) is 1. The first-order valence-electron chi connectivity index (χ1n) is 9.49. The van der Waals surface area contributed by atoms with Crippen molar-refractivity contribution in [2.45, 2.75) is 23.3 Å².